The summed E-state index contributed by atoms with van der Waals surface area (Å²) in [5.41, 5.74) is 12.5. The van der Waals surface area contributed by atoms with Crippen LogP contribution in [0.3, 0.4) is 0 Å². The van der Waals surface area contributed by atoms with Gasteiger partial charge in [0, 0.05) is 99.0 Å². The van der Waals surface area contributed by atoms with Gasteiger partial charge in [0.15, 0.2) is 17.5 Å². The summed E-state index contributed by atoms with van der Waals surface area (Å²) < 4.78 is 21.3. The number of rotatable bonds is 34. The molecule has 26 nitrogen and oxygen atoms in total. The maximum atomic E-state index is 9.73. The van der Waals surface area contributed by atoms with Crippen molar-refractivity contribution in [2.75, 3.05) is 89.8 Å². The Morgan fingerprint density at radius 3 is 1.32 bits per heavy atom. The number of halogens is 3. The molecule has 3 aromatic carbocycles. The van der Waals surface area contributed by atoms with E-state index in [4.69, 9.17) is 104 Å². The maximum Gasteiger partial charge on any atom is 0.156 e. The number of benzene rings is 3. The van der Waals surface area contributed by atoms with Crippen molar-refractivity contribution in [3.8, 4) is 17.2 Å². The summed E-state index contributed by atoms with van der Waals surface area (Å²) in [5.74, 6) is 6.43. The number of ether oxygens (including phenoxy) is 3. The van der Waals surface area contributed by atoms with Gasteiger partial charge in [-0.2, -0.15) is 15.3 Å². The molecule has 1 atom stereocenters. The SMILES string of the molecule is CCCc1nn(C)c2c(NCc3ccc(OC)c(Cl)c3)nc(CN3CCN(CC(O)CO)CC3)nc12.CCCc1nn(C)c2c(NCc3ccc(OC)c(Cl)c3)nc(CNCCCCCO)nc12.CCCc1nn(C)c2c(NCc3ccc(OC)c(Cl)c3)nc(CNCc3cccnc3)nc12. The number of hydrogen-bond acceptors (Lipinski definition) is 23. The van der Waals surface area contributed by atoms with E-state index in [0.717, 1.165) is 192 Å². The zero-order chi connectivity index (χ0) is 71.8. The van der Waals surface area contributed by atoms with Crippen molar-refractivity contribution in [2.24, 2.45) is 21.1 Å². The van der Waals surface area contributed by atoms with Gasteiger partial charge in [0.25, 0.3) is 0 Å². The van der Waals surface area contributed by atoms with E-state index in [9.17, 15) is 5.11 Å². The summed E-state index contributed by atoms with van der Waals surface area (Å²) in [4.78, 5) is 37.8. The van der Waals surface area contributed by atoms with Gasteiger partial charge in [0.2, 0.25) is 0 Å². The first-order valence-electron chi connectivity index (χ1n) is 34.6. The summed E-state index contributed by atoms with van der Waals surface area (Å²) in [6.07, 6.45) is 11.4. The fourth-order valence-electron chi connectivity index (χ4n) is 11.9. The number of β-amino-alcohol motifs (C(OH)–C–C–N with tert-alkyl or cyclic N) is 1. The number of hydrogen-bond donors (Lipinski definition) is 8. The van der Waals surface area contributed by atoms with Crippen LogP contribution >= 0.6 is 34.8 Å². The summed E-state index contributed by atoms with van der Waals surface area (Å²) in [6.45, 7) is 15.3. The third kappa shape index (κ3) is 21.2. The van der Waals surface area contributed by atoms with E-state index in [2.05, 4.69) is 62.1 Å². The minimum absolute atomic E-state index is 0.211. The summed E-state index contributed by atoms with van der Waals surface area (Å²) in [5, 5.41) is 60.9. The first-order valence-corrected chi connectivity index (χ1v) is 35.7. The molecule has 0 spiro atoms. The van der Waals surface area contributed by atoms with E-state index in [0.29, 0.717) is 90.5 Å². The number of piperazine rings is 1. The van der Waals surface area contributed by atoms with E-state index >= 15 is 0 Å². The molecule has 0 bridgehead atoms. The second kappa shape index (κ2) is 38.8. The Morgan fingerprint density at radius 2 is 0.921 bits per heavy atom. The average molecular weight is 1450 g/mol. The topological polar surface area (TPSA) is 299 Å². The monoisotopic (exact) mass is 1440 g/mol. The number of aliphatic hydroxyl groups is 3. The van der Waals surface area contributed by atoms with Crippen molar-refractivity contribution < 1.29 is 29.5 Å². The average Bonchev–Trinajstić information content (AvgIpc) is 1.66. The molecule has 1 unspecified atom stereocenters. The van der Waals surface area contributed by atoms with Crippen LogP contribution in [0.5, 0.6) is 17.2 Å². The molecule has 0 aliphatic carbocycles. The lowest BCUT2D eigenvalue weighted by Crippen LogP contribution is -2.48. The zero-order valence-electron chi connectivity index (χ0n) is 59.5. The largest absolute Gasteiger partial charge is 0.495 e. The van der Waals surface area contributed by atoms with Gasteiger partial charge < -0.3 is 56.1 Å². The van der Waals surface area contributed by atoms with E-state index in [1.54, 1.807) is 27.5 Å². The number of pyridine rings is 1. The predicted octanol–water partition coefficient (Wildman–Crippen LogP) is 10.2. The van der Waals surface area contributed by atoms with E-state index in [1.807, 2.05) is 108 Å². The molecule has 29 heteroatoms. The van der Waals surface area contributed by atoms with Gasteiger partial charge in [-0.1, -0.05) is 99.1 Å². The Kier molecular flexibility index (Phi) is 29.6. The molecular formula is C72H97Cl3N20O6. The van der Waals surface area contributed by atoms with Crippen molar-refractivity contribution in [2.45, 2.75) is 130 Å². The lowest BCUT2D eigenvalue weighted by molar-refractivity contribution is 0.0379. The molecule has 8 heterocycles. The lowest BCUT2D eigenvalue weighted by Gasteiger charge is -2.35. The number of unbranched alkanes of at least 4 members (excludes halogenated alkanes) is 2. The van der Waals surface area contributed by atoms with Gasteiger partial charge in [-0.3, -0.25) is 28.8 Å². The first-order chi connectivity index (χ1) is 49.1. The minimum atomic E-state index is -0.695. The summed E-state index contributed by atoms with van der Waals surface area (Å²) in [7, 11) is 10.6. The fraction of sp³-hybridized carbons (Fsp3) is 0.472. The molecule has 1 aliphatic rings. The quantitative estimate of drug-likeness (QED) is 0.0174. The van der Waals surface area contributed by atoms with Crippen molar-refractivity contribution in [1.29, 1.82) is 0 Å². The van der Waals surface area contributed by atoms with Crippen molar-refractivity contribution in [1.82, 2.24) is 84.7 Å². The van der Waals surface area contributed by atoms with E-state index in [-0.39, 0.29) is 13.2 Å². The molecule has 101 heavy (non-hydrogen) atoms. The molecule has 0 saturated carbocycles. The summed E-state index contributed by atoms with van der Waals surface area (Å²) in [6, 6.07) is 21.2. The molecule has 1 aliphatic heterocycles. The molecule has 1 saturated heterocycles. The highest BCUT2D eigenvalue weighted by molar-refractivity contribution is 6.32. The van der Waals surface area contributed by atoms with Gasteiger partial charge in [0.05, 0.1) is 85.8 Å². The molecule has 542 valence electrons. The van der Waals surface area contributed by atoms with Crippen molar-refractivity contribution in [3.05, 3.63) is 151 Å². The van der Waals surface area contributed by atoms with Gasteiger partial charge in [0.1, 0.15) is 67.8 Å². The van der Waals surface area contributed by atoms with E-state index in [1.165, 1.54) is 0 Å². The number of fused-ring (bicyclic) bond motifs is 3. The Bertz CT molecular complexity index is 4270. The smallest absolute Gasteiger partial charge is 0.156 e. The highest BCUT2D eigenvalue weighted by atomic mass is 35.5. The second-order valence-electron chi connectivity index (χ2n) is 24.8. The highest BCUT2D eigenvalue weighted by Crippen LogP contribution is 2.32. The fourth-order valence-corrected chi connectivity index (χ4v) is 12.8. The third-order valence-corrected chi connectivity index (χ3v) is 17.9. The van der Waals surface area contributed by atoms with Gasteiger partial charge in [-0.05, 0) is 110 Å². The second-order valence-corrected chi connectivity index (χ2v) is 26.0. The highest BCUT2D eigenvalue weighted by Gasteiger charge is 2.24. The van der Waals surface area contributed by atoms with Crippen LogP contribution in [0.1, 0.15) is 116 Å². The van der Waals surface area contributed by atoms with E-state index < -0.39 is 6.10 Å². The van der Waals surface area contributed by atoms with Gasteiger partial charge >= 0.3 is 0 Å². The number of aryl methyl sites for hydroxylation is 6. The predicted molar refractivity (Wildman–Crippen MR) is 399 cm³/mol. The molecule has 0 amide bonds. The van der Waals surface area contributed by atoms with Crippen LogP contribution < -0.4 is 40.8 Å². The molecule has 10 aromatic rings. The van der Waals surface area contributed by atoms with Crippen molar-refractivity contribution in [3.63, 3.8) is 0 Å². The van der Waals surface area contributed by atoms with Crippen LogP contribution in [-0.2, 0) is 86.2 Å². The standard InChI is InChI=1S/C25H36ClN7O3.C24H28ClN7O.C23H33ClN6O2/c1-4-5-20-23-24(31(2)30-20)25(27-13-17-6-7-21(36-3)19(26)12-17)29-22(28-23)15-33-10-8-32(9-11-33)14-18(35)16-34;1-4-6-19-22-23(32(2)31-19)24(28-14-16-8-9-20(33-3)18(25)11-16)30-21(29-22)15-27-13-17-7-5-10-26-12-17;1-4-8-18-21-22(30(2)29-18)23(26-14-16-9-10-19(32-3)17(24)13-16)28-20(27-21)15-25-11-6-5-7-12-31/h6-7,12,18,34-35H,4-5,8-11,13-16H2,1-3H3,(H,27,28,29);5,7-12,27H,4,6,13-15H2,1-3H3,(H,28,29,30);9-10,13,25,31H,4-8,11-12,14-15H2,1-3H3,(H,26,27,28). The van der Waals surface area contributed by atoms with Gasteiger partial charge in [-0.15, -0.1) is 0 Å². The molecule has 7 aromatic heterocycles. The Labute approximate surface area is 605 Å². The maximum absolute atomic E-state index is 9.73. The normalized spacial score (nSPS) is 12.9. The number of nitrogens with zero attached hydrogens (tertiary/aromatic N) is 15. The van der Waals surface area contributed by atoms with Crippen molar-refractivity contribution >= 4 is 85.4 Å². The minimum Gasteiger partial charge on any atom is -0.495 e. The molecule has 0 radical (unpaired) electrons. The summed E-state index contributed by atoms with van der Waals surface area (Å²) >= 11 is 18.9. The van der Waals surface area contributed by atoms with Crippen LogP contribution in [0.2, 0.25) is 15.1 Å². The first kappa shape index (κ1) is 77.0. The number of anilines is 3. The van der Waals surface area contributed by atoms with Gasteiger partial charge in [-0.25, -0.2) is 29.9 Å². The molecular weight excluding hydrogens is 1350 g/mol. The van der Waals surface area contributed by atoms with Crippen LogP contribution in [0.25, 0.3) is 33.1 Å². The van der Waals surface area contributed by atoms with Crippen LogP contribution in [-0.4, -0.2) is 169 Å². The number of nitrogens with one attached hydrogen (secondary N) is 5. The lowest BCUT2D eigenvalue weighted by atomic mass is 10.2. The third-order valence-electron chi connectivity index (χ3n) is 17.0. The van der Waals surface area contributed by atoms with Crippen LogP contribution in [0.4, 0.5) is 17.5 Å². The van der Waals surface area contributed by atoms with Crippen LogP contribution in [0, 0.1) is 0 Å². The number of aromatic nitrogens is 13. The Morgan fingerprint density at radius 1 is 0.495 bits per heavy atom. The Hall–Kier alpha value is -8.15. The number of aliphatic hydroxyl groups excluding tert-OH is 3. The molecule has 11 rings (SSSR count). The number of methoxy groups -OCH3 is 3. The molecule has 1 fully saturated rings. The molecule has 8 N–H and O–H groups in total. The zero-order valence-corrected chi connectivity index (χ0v) is 61.7. The van der Waals surface area contributed by atoms with Crippen LogP contribution in [0.15, 0.2) is 79.1 Å². The Balaban J connectivity index is 0.000000177.